The van der Waals surface area contributed by atoms with Gasteiger partial charge in [0.1, 0.15) is 0 Å². The lowest BCUT2D eigenvalue weighted by atomic mass is 9.98. The van der Waals surface area contributed by atoms with Gasteiger partial charge in [-0.1, -0.05) is 31.2 Å². The molecule has 1 heterocycles. The van der Waals surface area contributed by atoms with Gasteiger partial charge >= 0.3 is 0 Å². The summed E-state index contributed by atoms with van der Waals surface area (Å²) < 4.78 is 54.2. The van der Waals surface area contributed by atoms with Crippen molar-refractivity contribution >= 4 is 15.7 Å². The van der Waals surface area contributed by atoms with Crippen molar-refractivity contribution in [2.75, 3.05) is 24.4 Å². The van der Waals surface area contributed by atoms with Crippen LogP contribution in [0.4, 0.5) is 14.5 Å². The second kappa shape index (κ2) is 7.69. The average Bonchev–Trinajstić information content (AvgIpc) is 3.10. The number of rotatable bonds is 7. The van der Waals surface area contributed by atoms with E-state index in [1.165, 1.54) is 29.8 Å². The molecule has 2 fully saturated rings. The number of anilines is 1. The zero-order valence-corrected chi connectivity index (χ0v) is 17.3. The normalized spacial score (nSPS) is 23.8. The van der Waals surface area contributed by atoms with E-state index < -0.39 is 21.9 Å². The summed E-state index contributed by atoms with van der Waals surface area (Å²) in [6.07, 6.45) is 2.11. The largest absolute Gasteiger partial charge is 0.303 e. The number of likely N-dealkylation sites (tertiary alicyclic amines) is 1. The van der Waals surface area contributed by atoms with E-state index in [9.17, 15) is 17.2 Å². The Morgan fingerprint density at radius 1 is 1.07 bits per heavy atom. The molecule has 0 radical (unpaired) electrons. The van der Waals surface area contributed by atoms with Crippen LogP contribution in [0.25, 0.3) is 0 Å². The molecule has 1 N–H and O–H groups in total. The summed E-state index contributed by atoms with van der Waals surface area (Å²) in [5.74, 6) is -2.96. The van der Waals surface area contributed by atoms with Crippen molar-refractivity contribution in [2.45, 2.75) is 48.8 Å². The van der Waals surface area contributed by atoms with Crippen molar-refractivity contribution in [1.82, 2.24) is 4.90 Å². The molecule has 2 aliphatic rings. The molecule has 0 bridgehead atoms. The maximum absolute atomic E-state index is 13.2. The lowest BCUT2D eigenvalue weighted by Gasteiger charge is -2.15. The molecule has 0 aromatic heterocycles. The Morgan fingerprint density at radius 2 is 1.69 bits per heavy atom. The SMILES string of the molecule is CCCN1CC[C@@H](c2ccc(NS(=O)(=O)c3ccc(C4CC4(F)F)cc3)cc2)C1. The van der Waals surface area contributed by atoms with Gasteiger partial charge in [0.25, 0.3) is 15.9 Å². The standard InChI is InChI=1S/C22H26F2N2O2S/c1-2-12-26-13-11-18(15-26)16-3-7-19(8-4-16)25-29(27,28)20-9-5-17(6-10-20)21-14-22(21,23)24/h3-10,18,21,25H,2,11-15H2,1H3/t18-,21?/m1/s1. The van der Waals surface area contributed by atoms with Gasteiger partial charge in [-0.3, -0.25) is 4.72 Å². The molecule has 0 spiro atoms. The highest BCUT2D eigenvalue weighted by atomic mass is 32.2. The summed E-state index contributed by atoms with van der Waals surface area (Å²) in [7, 11) is -3.76. The number of sulfonamides is 1. The number of alkyl halides is 2. The van der Waals surface area contributed by atoms with Crippen molar-refractivity contribution in [3.05, 3.63) is 59.7 Å². The number of halogens is 2. The Kier molecular flexibility index (Phi) is 5.38. The zero-order chi connectivity index (χ0) is 20.6. The molecule has 1 unspecified atom stereocenters. The van der Waals surface area contributed by atoms with E-state index in [-0.39, 0.29) is 11.3 Å². The van der Waals surface area contributed by atoms with Crippen LogP contribution in [0.2, 0.25) is 0 Å². The first-order chi connectivity index (χ1) is 13.8. The van der Waals surface area contributed by atoms with E-state index in [1.54, 1.807) is 12.1 Å². The van der Waals surface area contributed by atoms with Crippen LogP contribution >= 0.6 is 0 Å². The lowest BCUT2D eigenvalue weighted by Crippen LogP contribution is -2.20. The van der Waals surface area contributed by atoms with Gasteiger partial charge in [-0.05, 0) is 67.2 Å². The predicted molar refractivity (Wildman–Crippen MR) is 110 cm³/mol. The van der Waals surface area contributed by atoms with Gasteiger partial charge in [0.15, 0.2) is 0 Å². The van der Waals surface area contributed by atoms with Crippen LogP contribution in [0.5, 0.6) is 0 Å². The maximum atomic E-state index is 13.2. The molecule has 2 aromatic rings. The Balaban J connectivity index is 1.40. The van der Waals surface area contributed by atoms with Gasteiger partial charge in [0.2, 0.25) is 0 Å². The third-order valence-electron chi connectivity index (χ3n) is 5.87. The highest BCUT2D eigenvalue weighted by Crippen LogP contribution is 2.55. The zero-order valence-electron chi connectivity index (χ0n) is 16.4. The van der Waals surface area contributed by atoms with E-state index in [0.29, 0.717) is 17.2 Å². The maximum Gasteiger partial charge on any atom is 0.261 e. The number of hydrogen-bond donors (Lipinski definition) is 1. The van der Waals surface area contributed by atoms with E-state index in [4.69, 9.17) is 0 Å². The third kappa shape index (κ3) is 4.46. The van der Waals surface area contributed by atoms with Crippen LogP contribution in [0.15, 0.2) is 53.4 Å². The molecular formula is C22H26F2N2O2S. The molecule has 2 aromatic carbocycles. The van der Waals surface area contributed by atoms with Crippen LogP contribution in [0.1, 0.15) is 49.1 Å². The topological polar surface area (TPSA) is 49.4 Å². The Bertz CT molecular complexity index is 959. The fourth-order valence-corrected chi connectivity index (χ4v) is 5.17. The highest BCUT2D eigenvalue weighted by Gasteiger charge is 2.57. The Labute approximate surface area is 171 Å². The van der Waals surface area contributed by atoms with Crippen LogP contribution in [0.3, 0.4) is 0 Å². The number of benzene rings is 2. The van der Waals surface area contributed by atoms with Gasteiger partial charge < -0.3 is 4.90 Å². The minimum Gasteiger partial charge on any atom is -0.303 e. The molecule has 4 nitrogen and oxygen atoms in total. The number of hydrogen-bond acceptors (Lipinski definition) is 3. The van der Waals surface area contributed by atoms with Crippen LogP contribution in [-0.2, 0) is 10.0 Å². The molecule has 2 atom stereocenters. The molecule has 0 amide bonds. The second-order valence-corrected chi connectivity index (χ2v) is 9.78. The molecular weight excluding hydrogens is 394 g/mol. The van der Waals surface area contributed by atoms with Gasteiger partial charge in [0.05, 0.1) is 10.8 Å². The molecule has 4 rings (SSSR count). The van der Waals surface area contributed by atoms with Crippen molar-refractivity contribution in [1.29, 1.82) is 0 Å². The van der Waals surface area contributed by atoms with E-state index in [0.717, 1.165) is 32.5 Å². The molecule has 156 valence electrons. The van der Waals surface area contributed by atoms with E-state index >= 15 is 0 Å². The molecule has 7 heteroatoms. The van der Waals surface area contributed by atoms with E-state index in [2.05, 4.69) is 16.5 Å². The monoisotopic (exact) mass is 420 g/mol. The fraction of sp³-hybridized carbons (Fsp3) is 0.455. The Hall–Kier alpha value is -1.99. The minimum absolute atomic E-state index is 0.0697. The third-order valence-corrected chi connectivity index (χ3v) is 7.26. The molecule has 1 saturated carbocycles. The van der Waals surface area contributed by atoms with Crippen molar-refractivity contribution in [2.24, 2.45) is 0 Å². The van der Waals surface area contributed by atoms with Gasteiger partial charge in [-0.15, -0.1) is 0 Å². The molecule has 29 heavy (non-hydrogen) atoms. The first kappa shape index (κ1) is 20.3. The first-order valence-corrected chi connectivity index (χ1v) is 11.6. The van der Waals surface area contributed by atoms with Gasteiger partial charge in [-0.2, -0.15) is 0 Å². The molecule has 1 aliphatic carbocycles. The van der Waals surface area contributed by atoms with Crippen LogP contribution in [0, 0.1) is 0 Å². The van der Waals surface area contributed by atoms with Gasteiger partial charge in [0, 0.05) is 18.7 Å². The number of nitrogens with zero attached hydrogens (tertiary/aromatic N) is 1. The van der Waals surface area contributed by atoms with Crippen LogP contribution in [-0.4, -0.2) is 38.9 Å². The smallest absolute Gasteiger partial charge is 0.261 e. The lowest BCUT2D eigenvalue weighted by molar-refractivity contribution is 0.112. The summed E-state index contributed by atoms with van der Waals surface area (Å²) in [6.45, 7) is 5.45. The predicted octanol–water partition coefficient (Wildman–Crippen LogP) is 4.81. The molecule has 1 aliphatic heterocycles. The van der Waals surface area contributed by atoms with Gasteiger partial charge in [-0.25, -0.2) is 17.2 Å². The van der Waals surface area contributed by atoms with Crippen LogP contribution < -0.4 is 4.72 Å². The quantitative estimate of drug-likeness (QED) is 0.699. The summed E-state index contributed by atoms with van der Waals surface area (Å²) >= 11 is 0. The number of nitrogens with one attached hydrogen (secondary N) is 1. The van der Waals surface area contributed by atoms with Crippen molar-refractivity contribution in [3.63, 3.8) is 0 Å². The summed E-state index contributed by atoms with van der Waals surface area (Å²) in [4.78, 5) is 2.53. The van der Waals surface area contributed by atoms with Crippen molar-refractivity contribution in [3.8, 4) is 0 Å². The summed E-state index contributed by atoms with van der Waals surface area (Å²) in [5, 5.41) is 0. The minimum atomic E-state index is -3.76. The fourth-order valence-electron chi connectivity index (χ4n) is 4.12. The van der Waals surface area contributed by atoms with Crippen molar-refractivity contribution < 1.29 is 17.2 Å². The highest BCUT2D eigenvalue weighted by molar-refractivity contribution is 7.92. The summed E-state index contributed by atoms with van der Waals surface area (Å²) in [5.41, 5.74) is 2.20. The molecule has 1 saturated heterocycles. The van der Waals surface area contributed by atoms with E-state index in [1.807, 2.05) is 12.1 Å². The Morgan fingerprint density at radius 3 is 2.28 bits per heavy atom. The second-order valence-electron chi connectivity index (χ2n) is 8.10. The first-order valence-electron chi connectivity index (χ1n) is 10.1. The average molecular weight is 421 g/mol. The summed E-state index contributed by atoms with van der Waals surface area (Å²) in [6, 6.07) is 13.3.